The van der Waals surface area contributed by atoms with Crippen molar-refractivity contribution in [3.05, 3.63) is 23.5 Å². The summed E-state index contributed by atoms with van der Waals surface area (Å²) in [7, 11) is 0. The summed E-state index contributed by atoms with van der Waals surface area (Å²) in [5.74, 6) is 0.411. The molecule has 0 radical (unpaired) electrons. The number of nitrogens with zero attached hydrogens (tertiary/aromatic N) is 3. The Morgan fingerprint density at radius 2 is 1.96 bits per heavy atom. The second-order valence-corrected chi connectivity index (χ2v) is 7.43. The summed E-state index contributed by atoms with van der Waals surface area (Å²) < 4.78 is 1.88. The monoisotopic (exact) mass is 415 g/mol. The molecule has 0 bridgehead atoms. The minimum absolute atomic E-state index is 0. The summed E-state index contributed by atoms with van der Waals surface area (Å²) in [4.78, 5) is 17.5. The van der Waals surface area contributed by atoms with E-state index in [2.05, 4.69) is 29.2 Å². The van der Waals surface area contributed by atoms with Crippen LogP contribution in [0.3, 0.4) is 0 Å². The van der Waals surface area contributed by atoms with Crippen LogP contribution in [0.1, 0.15) is 68.0 Å². The Hall–Kier alpha value is -1.37. The quantitative estimate of drug-likeness (QED) is 0.776. The number of carbonyl (C=O) groups is 1. The molecule has 0 spiro atoms. The number of nitrogens with two attached hydrogens (primary N) is 1. The summed E-state index contributed by atoms with van der Waals surface area (Å²) in [5.41, 5.74) is 8.12. The molecule has 27 heavy (non-hydrogen) atoms. The van der Waals surface area contributed by atoms with Crippen molar-refractivity contribution in [3.63, 3.8) is 0 Å². The summed E-state index contributed by atoms with van der Waals surface area (Å²) in [5, 5.41) is 8.44. The lowest BCUT2D eigenvalue weighted by molar-refractivity contribution is 0.0914. The molecule has 1 saturated carbocycles. The highest BCUT2D eigenvalue weighted by atomic mass is 35.5. The van der Waals surface area contributed by atoms with Crippen LogP contribution < -0.4 is 11.1 Å². The minimum atomic E-state index is -0.0785. The average Bonchev–Trinajstić information content (AvgIpc) is 3.02. The van der Waals surface area contributed by atoms with E-state index in [1.807, 2.05) is 17.7 Å². The van der Waals surface area contributed by atoms with E-state index in [9.17, 15) is 4.79 Å². The molecule has 1 unspecified atom stereocenters. The summed E-state index contributed by atoms with van der Waals surface area (Å²) >= 11 is 0. The highest BCUT2D eigenvalue weighted by molar-refractivity contribution is 5.98. The molecule has 1 aliphatic rings. The van der Waals surface area contributed by atoms with E-state index in [0.717, 1.165) is 29.6 Å². The number of aryl methyl sites for hydroxylation is 1. The predicted octanol–water partition coefficient (Wildman–Crippen LogP) is 3.80. The Bertz CT molecular complexity index is 756. The average molecular weight is 416 g/mol. The molecule has 2 aromatic rings. The fourth-order valence-electron chi connectivity index (χ4n) is 3.83. The molecule has 152 valence electrons. The molecule has 0 saturated heterocycles. The first-order chi connectivity index (χ1) is 12.0. The van der Waals surface area contributed by atoms with Crippen LogP contribution in [0.25, 0.3) is 11.0 Å². The third kappa shape index (κ3) is 5.12. The zero-order chi connectivity index (χ0) is 18.0. The van der Waals surface area contributed by atoms with E-state index in [1.165, 1.54) is 19.3 Å². The number of hydrogen-bond acceptors (Lipinski definition) is 4. The van der Waals surface area contributed by atoms with Crippen molar-refractivity contribution in [1.82, 2.24) is 20.1 Å². The van der Waals surface area contributed by atoms with Crippen molar-refractivity contribution in [1.29, 1.82) is 0 Å². The van der Waals surface area contributed by atoms with Crippen molar-refractivity contribution in [3.8, 4) is 0 Å². The lowest BCUT2D eigenvalue weighted by atomic mass is 9.84. The van der Waals surface area contributed by atoms with E-state index in [0.29, 0.717) is 18.0 Å². The molecule has 1 amide bonds. The van der Waals surface area contributed by atoms with E-state index in [1.54, 1.807) is 6.20 Å². The highest BCUT2D eigenvalue weighted by Crippen LogP contribution is 2.26. The van der Waals surface area contributed by atoms with E-state index < -0.39 is 0 Å². The summed E-state index contributed by atoms with van der Waals surface area (Å²) in [6.45, 7) is 6.50. The standard InChI is InChI=1S/C19H29N5O.2ClH/c1-12(2)24-18-15(11-21-24)9-16(13(3)22-18)19(25)23-17(10-20)14-7-5-4-6-8-14;;/h9,11-12,14,17H,4-8,10,20H2,1-3H3,(H,23,25);2*1H. The molecule has 2 heterocycles. The molecule has 0 aromatic carbocycles. The number of aromatic nitrogens is 3. The van der Waals surface area contributed by atoms with Crippen LogP contribution in [-0.4, -0.2) is 33.3 Å². The largest absolute Gasteiger partial charge is 0.348 e. The van der Waals surface area contributed by atoms with Crippen LogP contribution in [0, 0.1) is 12.8 Å². The normalized spacial score (nSPS) is 15.9. The number of amides is 1. The number of rotatable bonds is 5. The maximum atomic E-state index is 12.8. The Labute approximate surface area is 173 Å². The molecule has 1 aliphatic carbocycles. The van der Waals surface area contributed by atoms with Gasteiger partial charge in [-0.3, -0.25) is 4.79 Å². The molecular weight excluding hydrogens is 385 g/mol. The molecule has 1 fully saturated rings. The fourth-order valence-corrected chi connectivity index (χ4v) is 3.83. The van der Waals surface area contributed by atoms with Crippen molar-refractivity contribution in [2.24, 2.45) is 11.7 Å². The number of halogens is 2. The zero-order valence-corrected chi connectivity index (χ0v) is 17.9. The van der Waals surface area contributed by atoms with Gasteiger partial charge in [-0.05, 0) is 45.6 Å². The van der Waals surface area contributed by atoms with Crippen molar-refractivity contribution in [2.75, 3.05) is 6.54 Å². The topological polar surface area (TPSA) is 85.8 Å². The van der Waals surface area contributed by atoms with Gasteiger partial charge in [-0.25, -0.2) is 9.67 Å². The number of nitrogens with one attached hydrogen (secondary N) is 1. The van der Waals surface area contributed by atoms with Crippen LogP contribution in [0.2, 0.25) is 0 Å². The van der Waals surface area contributed by atoms with Crippen molar-refractivity contribution in [2.45, 2.75) is 65.0 Å². The number of pyridine rings is 1. The van der Waals surface area contributed by atoms with Crippen LogP contribution in [0.5, 0.6) is 0 Å². The Morgan fingerprint density at radius 3 is 2.56 bits per heavy atom. The molecule has 3 N–H and O–H groups in total. The lowest BCUT2D eigenvalue weighted by Gasteiger charge is -2.30. The first kappa shape index (κ1) is 23.7. The molecule has 3 rings (SSSR count). The van der Waals surface area contributed by atoms with Gasteiger partial charge in [0, 0.05) is 24.0 Å². The van der Waals surface area contributed by atoms with Gasteiger partial charge in [-0.1, -0.05) is 19.3 Å². The maximum absolute atomic E-state index is 12.8. The second kappa shape index (κ2) is 10.2. The molecular formula is C19H31Cl2N5O. The number of carbonyl (C=O) groups excluding carboxylic acids is 1. The van der Waals surface area contributed by atoms with Gasteiger partial charge in [0.05, 0.1) is 17.5 Å². The molecule has 2 aromatic heterocycles. The van der Waals surface area contributed by atoms with Crippen LogP contribution in [-0.2, 0) is 0 Å². The van der Waals surface area contributed by atoms with Crippen LogP contribution in [0.4, 0.5) is 0 Å². The summed E-state index contributed by atoms with van der Waals surface area (Å²) in [6, 6.07) is 2.17. The molecule has 8 heteroatoms. The van der Waals surface area contributed by atoms with Gasteiger partial charge in [0.2, 0.25) is 0 Å². The number of hydrogen-bond donors (Lipinski definition) is 2. The van der Waals surface area contributed by atoms with E-state index >= 15 is 0 Å². The zero-order valence-electron chi connectivity index (χ0n) is 16.3. The molecule has 1 atom stereocenters. The smallest absolute Gasteiger partial charge is 0.253 e. The maximum Gasteiger partial charge on any atom is 0.253 e. The van der Waals surface area contributed by atoms with Gasteiger partial charge < -0.3 is 11.1 Å². The van der Waals surface area contributed by atoms with Crippen LogP contribution >= 0.6 is 24.8 Å². The Balaban J connectivity index is 0.00000182. The first-order valence-corrected chi connectivity index (χ1v) is 9.37. The van der Waals surface area contributed by atoms with Gasteiger partial charge in [-0.2, -0.15) is 5.10 Å². The summed E-state index contributed by atoms with van der Waals surface area (Å²) in [6.07, 6.45) is 7.84. The lowest BCUT2D eigenvalue weighted by Crippen LogP contribution is -2.46. The third-order valence-corrected chi connectivity index (χ3v) is 5.28. The molecule has 0 aliphatic heterocycles. The molecule has 6 nitrogen and oxygen atoms in total. The van der Waals surface area contributed by atoms with E-state index in [4.69, 9.17) is 5.73 Å². The van der Waals surface area contributed by atoms with Crippen molar-refractivity contribution < 1.29 is 4.79 Å². The highest BCUT2D eigenvalue weighted by Gasteiger charge is 2.25. The predicted molar refractivity (Wildman–Crippen MR) is 114 cm³/mol. The van der Waals surface area contributed by atoms with Crippen molar-refractivity contribution >= 4 is 41.8 Å². The first-order valence-electron chi connectivity index (χ1n) is 9.37. The fraction of sp³-hybridized carbons (Fsp3) is 0.632. The van der Waals surface area contributed by atoms with Gasteiger partial charge in [0.15, 0.2) is 5.65 Å². The Morgan fingerprint density at radius 1 is 1.30 bits per heavy atom. The van der Waals surface area contributed by atoms with Gasteiger partial charge in [-0.15, -0.1) is 24.8 Å². The van der Waals surface area contributed by atoms with Gasteiger partial charge >= 0.3 is 0 Å². The SMILES string of the molecule is Cc1nc2c(cnn2C(C)C)cc1C(=O)NC(CN)C1CCCCC1.Cl.Cl. The number of fused-ring (bicyclic) bond motifs is 1. The second-order valence-electron chi connectivity index (χ2n) is 7.43. The van der Waals surface area contributed by atoms with E-state index in [-0.39, 0.29) is 42.8 Å². The third-order valence-electron chi connectivity index (χ3n) is 5.28. The van der Waals surface area contributed by atoms with Gasteiger partial charge in [0.1, 0.15) is 0 Å². The minimum Gasteiger partial charge on any atom is -0.348 e. The Kier molecular flexibility index (Phi) is 8.99. The van der Waals surface area contributed by atoms with Crippen LogP contribution in [0.15, 0.2) is 12.3 Å². The van der Waals surface area contributed by atoms with Gasteiger partial charge in [0.25, 0.3) is 5.91 Å².